The van der Waals surface area contributed by atoms with Crippen molar-refractivity contribution in [2.45, 2.75) is 33.1 Å². The normalized spacial score (nSPS) is 12.5. The molecule has 0 aromatic carbocycles. The van der Waals surface area contributed by atoms with E-state index in [4.69, 9.17) is 26.5 Å². The number of hydrogen-bond donors (Lipinski definition) is 2. The summed E-state index contributed by atoms with van der Waals surface area (Å²) in [6, 6.07) is 1.30. The van der Waals surface area contributed by atoms with Crippen LogP contribution in [0.2, 0.25) is 0 Å². The van der Waals surface area contributed by atoms with Gasteiger partial charge >= 0.3 is 34.7 Å². The molecule has 0 amide bonds. The zero-order chi connectivity index (χ0) is 17.8. The molecule has 1 aliphatic carbocycles. The topological polar surface area (TPSA) is 131 Å². The Morgan fingerprint density at radius 1 is 1.22 bits per heavy atom. The van der Waals surface area contributed by atoms with Gasteiger partial charge in [-0.2, -0.15) is 0 Å². The Morgan fingerprint density at radius 3 is 2.26 bits per heavy atom. The van der Waals surface area contributed by atoms with Crippen molar-refractivity contribution in [2.24, 2.45) is 0 Å². The molecule has 0 fully saturated rings. The summed E-state index contributed by atoms with van der Waals surface area (Å²) in [5.41, 5.74) is 0.767. The second-order valence-corrected chi connectivity index (χ2v) is 4.54. The number of aliphatic hydroxyl groups is 1. The first-order valence-electron chi connectivity index (χ1n) is 6.83. The average Bonchev–Trinajstić information content (AvgIpc) is 2.54. The van der Waals surface area contributed by atoms with Gasteiger partial charge in [-0.3, -0.25) is 9.59 Å². The summed E-state index contributed by atoms with van der Waals surface area (Å²) in [5, 5.41) is 18.2. The van der Waals surface area contributed by atoms with Crippen molar-refractivity contribution in [1.82, 2.24) is 0 Å². The van der Waals surface area contributed by atoms with Gasteiger partial charge in [-0.05, 0) is 18.4 Å². The van der Waals surface area contributed by atoms with Crippen molar-refractivity contribution in [2.75, 3.05) is 0 Å². The van der Waals surface area contributed by atoms with Crippen LogP contribution in [0.25, 0.3) is 0 Å². The second-order valence-electron chi connectivity index (χ2n) is 4.30. The summed E-state index contributed by atoms with van der Waals surface area (Å²) in [6.07, 6.45) is 6.82. The number of aliphatic hydroxyl groups excluding tert-OH is 1. The van der Waals surface area contributed by atoms with E-state index in [0.29, 0.717) is 12.2 Å². The van der Waals surface area contributed by atoms with Crippen LogP contribution in [0.5, 0.6) is 5.75 Å². The summed E-state index contributed by atoms with van der Waals surface area (Å²) < 4.78 is 21.8. The molecule has 1 aliphatic rings. The van der Waals surface area contributed by atoms with E-state index in [1.54, 1.807) is 0 Å². The number of carbonyl (C=O) groups excluding carboxylic acids is 1. The summed E-state index contributed by atoms with van der Waals surface area (Å²) >= 11 is -1.81. The summed E-state index contributed by atoms with van der Waals surface area (Å²) in [4.78, 5) is 17.9. The third-order valence-electron chi connectivity index (χ3n) is 2.91. The molecule has 0 atom stereocenters. The van der Waals surface area contributed by atoms with Crippen LogP contribution >= 0.6 is 0 Å². The van der Waals surface area contributed by atoms with E-state index in [-0.39, 0.29) is 22.7 Å². The van der Waals surface area contributed by atoms with E-state index >= 15 is 0 Å². The monoisotopic (exact) mass is 363 g/mol. The Kier molecular flexibility index (Phi) is 10.4. The molecular formula is C15H20O7V+2. The molecule has 4 N–H and O–H groups in total. The average molecular weight is 363 g/mol. The van der Waals surface area contributed by atoms with Crippen molar-refractivity contribution in [3.05, 3.63) is 47.0 Å². The molecule has 0 unspecified atom stereocenters. The predicted octanol–water partition coefficient (Wildman–Crippen LogP) is 2.03. The Labute approximate surface area is 139 Å². The molecule has 1 heterocycles. The van der Waals surface area contributed by atoms with Crippen LogP contribution in [-0.4, -0.2) is 25.6 Å². The maximum absolute atomic E-state index is 9.18. The molecule has 1 aromatic rings. The number of aromatic hydroxyl groups is 1. The van der Waals surface area contributed by atoms with E-state index in [1.807, 2.05) is 19.9 Å². The van der Waals surface area contributed by atoms with Crippen LogP contribution in [-0.2, 0) is 30.0 Å². The number of rotatable bonds is 2. The summed E-state index contributed by atoms with van der Waals surface area (Å²) in [7, 11) is 0. The van der Waals surface area contributed by atoms with Crippen LogP contribution in [0.1, 0.15) is 32.4 Å². The fraction of sp³-hybridized carbons (Fsp3) is 0.333. The molecule has 0 saturated heterocycles. The molecule has 0 spiro atoms. The molecule has 2 rings (SSSR count). The molecular weight excluding hydrogens is 343 g/mol. The zero-order valence-electron chi connectivity index (χ0n) is 12.9. The molecule has 7 nitrogen and oxygen atoms in total. The number of ketones is 1. The van der Waals surface area contributed by atoms with Gasteiger partial charge in [-0.25, -0.2) is 0 Å². The first kappa shape index (κ1) is 20.9. The molecule has 0 radical (unpaired) electrons. The zero-order valence-corrected chi connectivity index (χ0v) is 14.3. The van der Waals surface area contributed by atoms with Gasteiger partial charge in [-0.1, -0.05) is 19.9 Å². The fourth-order valence-electron chi connectivity index (χ4n) is 1.69. The fourth-order valence-corrected chi connectivity index (χ4v) is 1.69. The van der Waals surface area contributed by atoms with Gasteiger partial charge in [0.1, 0.15) is 6.26 Å². The minimum absolute atomic E-state index is 0.0110. The Balaban J connectivity index is 0.000000360. The van der Waals surface area contributed by atoms with Gasteiger partial charge < -0.3 is 14.6 Å². The first-order valence-corrected chi connectivity index (χ1v) is 7.97. The van der Waals surface area contributed by atoms with Gasteiger partial charge in [0.25, 0.3) is 5.75 Å². The van der Waals surface area contributed by atoms with Crippen LogP contribution in [0.15, 0.2) is 40.2 Å². The molecule has 8 heteroatoms. The van der Waals surface area contributed by atoms with Crippen molar-refractivity contribution in [3.63, 3.8) is 0 Å². The van der Waals surface area contributed by atoms with E-state index in [9.17, 15) is 5.11 Å². The van der Waals surface area contributed by atoms with Gasteiger partial charge in [0.15, 0.2) is 5.76 Å². The van der Waals surface area contributed by atoms with E-state index < -0.39 is 16.2 Å². The number of hydrogen-bond acceptors (Lipinski definition) is 5. The SMILES string of the molecule is CCC1=C(O)C(=[OH+])C=CC1.CCc1occc(=[OH+])c1O.[O]=[V]=[O]. The predicted molar refractivity (Wildman–Crippen MR) is 76.8 cm³/mol. The molecule has 0 saturated carbocycles. The van der Waals surface area contributed by atoms with Crippen molar-refractivity contribution in [3.8, 4) is 5.75 Å². The third-order valence-corrected chi connectivity index (χ3v) is 2.91. The quantitative estimate of drug-likeness (QED) is 0.776. The van der Waals surface area contributed by atoms with E-state index in [0.717, 1.165) is 18.4 Å². The standard InChI is InChI=1S/C8H10O2.C7H8O3.2O.V/c1-2-6-4-3-5-7(9)8(6)10;1-2-6-7(9)5(8)3-4-10-6;;;/h3,5,10H,2,4H2,1H3;3-4,9H,2H2,1H3;;;/p+2. The van der Waals surface area contributed by atoms with Crippen molar-refractivity contribution in [1.29, 1.82) is 0 Å². The molecule has 125 valence electrons. The van der Waals surface area contributed by atoms with Crippen LogP contribution in [0.4, 0.5) is 0 Å². The Hall–Kier alpha value is -2.12. The van der Waals surface area contributed by atoms with E-state index in [1.165, 1.54) is 18.4 Å². The number of allylic oxidation sites excluding steroid dienone is 3. The van der Waals surface area contributed by atoms with Crippen LogP contribution in [0, 0.1) is 0 Å². The second kappa shape index (κ2) is 11.5. The van der Waals surface area contributed by atoms with Gasteiger partial charge in [-0.15, -0.1) is 0 Å². The van der Waals surface area contributed by atoms with Crippen molar-refractivity contribution >= 4 is 5.78 Å². The Morgan fingerprint density at radius 2 is 1.83 bits per heavy atom. The van der Waals surface area contributed by atoms with Crippen molar-refractivity contribution < 1.29 is 47.7 Å². The first-order chi connectivity index (χ1) is 10.9. The molecule has 0 bridgehead atoms. The summed E-state index contributed by atoms with van der Waals surface area (Å²) in [5.74, 6) is 0.290. The van der Waals surface area contributed by atoms with Crippen LogP contribution in [0.3, 0.4) is 0 Å². The molecule has 0 aliphatic heterocycles. The van der Waals surface area contributed by atoms with Gasteiger partial charge in [0.2, 0.25) is 5.76 Å². The minimum atomic E-state index is -1.81. The molecule has 23 heavy (non-hydrogen) atoms. The Bertz CT molecular complexity index is 679. The molecule has 1 aromatic heterocycles. The van der Waals surface area contributed by atoms with Gasteiger partial charge in [0, 0.05) is 12.5 Å². The van der Waals surface area contributed by atoms with Gasteiger partial charge in [0.05, 0.1) is 6.07 Å². The maximum atomic E-state index is 9.18. The third kappa shape index (κ3) is 7.12. The van der Waals surface area contributed by atoms with E-state index in [2.05, 4.69) is 0 Å². The summed E-state index contributed by atoms with van der Waals surface area (Å²) in [6.45, 7) is 3.79. The number of aryl methyl sites for hydroxylation is 1. The van der Waals surface area contributed by atoms with Crippen LogP contribution < -0.4 is 5.43 Å².